The number of hydrogen-bond donors (Lipinski definition) is 2. The molecule has 2 aromatic rings. The summed E-state index contributed by atoms with van der Waals surface area (Å²) in [4.78, 5) is 29.0. The van der Waals surface area contributed by atoms with E-state index in [1.54, 1.807) is 31.2 Å². The number of carbonyl (C=O) groups is 2. The number of ether oxygens (including phenoxy) is 1. The van der Waals surface area contributed by atoms with Crippen LogP contribution in [-0.4, -0.2) is 24.7 Å². The molecule has 7 heteroatoms. The number of carbonyl (C=O) groups excluding carboxylic acids is 2. The first-order chi connectivity index (χ1) is 12.6. The lowest BCUT2D eigenvalue weighted by molar-refractivity contribution is -0.137. The van der Waals surface area contributed by atoms with Crippen molar-refractivity contribution in [2.24, 2.45) is 4.99 Å². The molecular formula is C19H16FN3O3. The summed E-state index contributed by atoms with van der Waals surface area (Å²) in [7, 11) is 0. The van der Waals surface area contributed by atoms with E-state index < -0.39 is 17.7 Å². The third kappa shape index (κ3) is 3.77. The van der Waals surface area contributed by atoms with Gasteiger partial charge in [-0.2, -0.15) is 0 Å². The van der Waals surface area contributed by atoms with Crippen LogP contribution in [0.15, 0.2) is 64.9 Å². The smallest absolute Gasteiger partial charge is 0.343 e. The Morgan fingerprint density at radius 1 is 1.19 bits per heavy atom. The predicted molar refractivity (Wildman–Crippen MR) is 95.7 cm³/mol. The SMILES string of the molecule is CCOC(=O)C1=C(NC(=O)c2cccc(F)c2)Nc2ccccc2N=C1. The number of amides is 1. The Hall–Kier alpha value is -3.48. The van der Waals surface area contributed by atoms with Gasteiger partial charge in [0.15, 0.2) is 0 Å². The van der Waals surface area contributed by atoms with Crippen LogP contribution < -0.4 is 10.6 Å². The second-order valence-corrected chi connectivity index (χ2v) is 5.37. The quantitative estimate of drug-likeness (QED) is 0.828. The topological polar surface area (TPSA) is 79.8 Å². The molecule has 26 heavy (non-hydrogen) atoms. The zero-order valence-corrected chi connectivity index (χ0v) is 14.0. The number of para-hydroxylation sites is 2. The van der Waals surface area contributed by atoms with Crippen molar-refractivity contribution in [2.75, 3.05) is 11.9 Å². The maximum absolute atomic E-state index is 13.4. The van der Waals surface area contributed by atoms with E-state index in [9.17, 15) is 14.0 Å². The summed E-state index contributed by atoms with van der Waals surface area (Å²) < 4.78 is 18.4. The largest absolute Gasteiger partial charge is 0.462 e. The van der Waals surface area contributed by atoms with Gasteiger partial charge in [0.2, 0.25) is 0 Å². The molecule has 3 rings (SSSR count). The minimum atomic E-state index is -0.633. The monoisotopic (exact) mass is 353 g/mol. The fourth-order valence-corrected chi connectivity index (χ4v) is 2.37. The van der Waals surface area contributed by atoms with Crippen LogP contribution in [0.3, 0.4) is 0 Å². The average Bonchev–Trinajstić information content (AvgIpc) is 2.81. The van der Waals surface area contributed by atoms with E-state index in [1.807, 2.05) is 0 Å². The van der Waals surface area contributed by atoms with Crippen LogP contribution in [0.1, 0.15) is 17.3 Å². The Morgan fingerprint density at radius 3 is 2.77 bits per heavy atom. The number of halogens is 1. The van der Waals surface area contributed by atoms with Crippen molar-refractivity contribution in [2.45, 2.75) is 6.92 Å². The van der Waals surface area contributed by atoms with Gasteiger partial charge in [-0.1, -0.05) is 18.2 Å². The minimum absolute atomic E-state index is 0.0628. The van der Waals surface area contributed by atoms with Gasteiger partial charge in [0.25, 0.3) is 5.91 Å². The molecule has 0 saturated carbocycles. The molecule has 0 fully saturated rings. The highest BCUT2D eigenvalue weighted by atomic mass is 19.1. The van der Waals surface area contributed by atoms with E-state index in [0.717, 1.165) is 6.07 Å². The molecule has 2 aromatic carbocycles. The molecule has 0 atom stereocenters. The Balaban J connectivity index is 1.97. The first kappa shape index (κ1) is 17.3. The number of rotatable bonds is 4. The van der Waals surface area contributed by atoms with Gasteiger partial charge >= 0.3 is 5.97 Å². The van der Waals surface area contributed by atoms with Crippen LogP contribution in [-0.2, 0) is 9.53 Å². The molecule has 1 aliphatic heterocycles. The summed E-state index contributed by atoms with van der Waals surface area (Å²) in [5.41, 5.74) is 1.40. The van der Waals surface area contributed by atoms with E-state index in [-0.39, 0.29) is 23.6 Å². The molecule has 132 valence electrons. The van der Waals surface area contributed by atoms with Gasteiger partial charge in [-0.05, 0) is 37.3 Å². The summed E-state index contributed by atoms with van der Waals surface area (Å²) >= 11 is 0. The Labute approximate surface area is 149 Å². The van der Waals surface area contributed by atoms with Gasteiger partial charge in [0.05, 0.1) is 18.0 Å². The summed E-state index contributed by atoms with van der Waals surface area (Å²) in [6, 6.07) is 12.4. The molecule has 2 N–H and O–H groups in total. The van der Waals surface area contributed by atoms with Crippen molar-refractivity contribution in [3.63, 3.8) is 0 Å². The van der Waals surface area contributed by atoms with E-state index >= 15 is 0 Å². The molecule has 0 bridgehead atoms. The fourth-order valence-electron chi connectivity index (χ4n) is 2.37. The number of anilines is 1. The molecule has 0 aromatic heterocycles. The zero-order chi connectivity index (χ0) is 18.5. The summed E-state index contributed by atoms with van der Waals surface area (Å²) in [5, 5.41) is 5.60. The molecule has 0 saturated heterocycles. The summed E-state index contributed by atoms with van der Waals surface area (Å²) in [6.07, 6.45) is 1.33. The standard InChI is InChI=1S/C19H16FN3O3/c1-2-26-19(25)14-11-21-15-8-3-4-9-16(15)22-17(14)23-18(24)12-6-5-7-13(20)10-12/h3-11,22H,2H2,1H3,(H,23,24). The summed E-state index contributed by atoms with van der Waals surface area (Å²) in [5.74, 6) is -1.61. The van der Waals surface area contributed by atoms with Gasteiger partial charge in [-0.25, -0.2) is 9.18 Å². The molecule has 1 aliphatic rings. The maximum atomic E-state index is 13.4. The first-order valence-corrected chi connectivity index (χ1v) is 7.97. The normalized spacial score (nSPS) is 12.7. The molecule has 6 nitrogen and oxygen atoms in total. The van der Waals surface area contributed by atoms with Crippen LogP contribution in [0.2, 0.25) is 0 Å². The Kier molecular flexibility index (Phi) is 5.07. The van der Waals surface area contributed by atoms with Crippen LogP contribution in [0.25, 0.3) is 0 Å². The Morgan fingerprint density at radius 2 is 2.00 bits per heavy atom. The van der Waals surface area contributed by atoms with Gasteiger partial charge in [-0.15, -0.1) is 0 Å². The van der Waals surface area contributed by atoms with Crippen molar-refractivity contribution >= 4 is 29.5 Å². The van der Waals surface area contributed by atoms with E-state index in [2.05, 4.69) is 15.6 Å². The highest BCUT2D eigenvalue weighted by Crippen LogP contribution is 2.28. The van der Waals surface area contributed by atoms with Crippen LogP contribution in [0.5, 0.6) is 0 Å². The third-order valence-electron chi connectivity index (χ3n) is 3.59. The second-order valence-electron chi connectivity index (χ2n) is 5.37. The number of esters is 1. The van der Waals surface area contributed by atoms with Crippen LogP contribution in [0, 0.1) is 5.82 Å². The molecule has 0 radical (unpaired) electrons. The van der Waals surface area contributed by atoms with E-state index in [4.69, 9.17) is 4.74 Å². The van der Waals surface area contributed by atoms with Crippen LogP contribution >= 0.6 is 0 Å². The molecule has 1 amide bonds. The van der Waals surface area contributed by atoms with Crippen molar-refractivity contribution < 1.29 is 18.7 Å². The highest BCUT2D eigenvalue weighted by molar-refractivity contribution is 6.13. The van der Waals surface area contributed by atoms with E-state index in [1.165, 1.54) is 24.4 Å². The Bertz CT molecular complexity index is 922. The lowest BCUT2D eigenvalue weighted by Gasteiger charge is -2.14. The summed E-state index contributed by atoms with van der Waals surface area (Å²) in [6.45, 7) is 1.85. The fraction of sp³-hybridized carbons (Fsp3) is 0.105. The average molecular weight is 353 g/mol. The molecule has 0 spiro atoms. The van der Waals surface area contributed by atoms with Crippen LogP contribution in [0.4, 0.5) is 15.8 Å². The molecular weight excluding hydrogens is 337 g/mol. The number of nitrogens with one attached hydrogen (secondary N) is 2. The maximum Gasteiger partial charge on any atom is 0.343 e. The van der Waals surface area contributed by atoms with Gasteiger partial charge in [-0.3, -0.25) is 9.79 Å². The first-order valence-electron chi connectivity index (χ1n) is 7.97. The van der Waals surface area contributed by atoms with Crippen molar-refractivity contribution in [1.29, 1.82) is 0 Å². The number of fused-ring (bicyclic) bond motifs is 1. The minimum Gasteiger partial charge on any atom is -0.462 e. The second kappa shape index (κ2) is 7.60. The molecule has 1 heterocycles. The molecule has 0 unspecified atom stereocenters. The lowest BCUT2D eigenvalue weighted by atomic mass is 10.2. The van der Waals surface area contributed by atoms with E-state index in [0.29, 0.717) is 11.4 Å². The number of nitrogens with zero attached hydrogens (tertiary/aromatic N) is 1. The van der Waals surface area contributed by atoms with Gasteiger partial charge in [0, 0.05) is 11.8 Å². The number of hydrogen-bond acceptors (Lipinski definition) is 5. The highest BCUT2D eigenvalue weighted by Gasteiger charge is 2.21. The van der Waals surface area contributed by atoms with Crippen molar-refractivity contribution in [3.05, 3.63) is 71.3 Å². The van der Waals surface area contributed by atoms with Gasteiger partial charge < -0.3 is 15.4 Å². The van der Waals surface area contributed by atoms with Gasteiger partial charge in [0.1, 0.15) is 17.2 Å². The number of aliphatic imine (C=N–C) groups is 1. The zero-order valence-electron chi connectivity index (χ0n) is 14.0. The predicted octanol–water partition coefficient (Wildman–Crippen LogP) is 3.16. The lowest BCUT2D eigenvalue weighted by Crippen LogP contribution is -2.30. The molecule has 0 aliphatic carbocycles. The third-order valence-corrected chi connectivity index (χ3v) is 3.59. The number of benzene rings is 2. The van der Waals surface area contributed by atoms with Crippen molar-refractivity contribution in [3.8, 4) is 0 Å². The van der Waals surface area contributed by atoms with Crippen molar-refractivity contribution in [1.82, 2.24) is 5.32 Å².